The molecule has 0 radical (unpaired) electrons. The Morgan fingerprint density at radius 3 is 3.06 bits per heavy atom. The van der Waals surface area contributed by atoms with Gasteiger partial charge in [0.15, 0.2) is 0 Å². The summed E-state index contributed by atoms with van der Waals surface area (Å²) in [7, 11) is 0. The Hall–Kier alpha value is 0.1000. The van der Waals surface area contributed by atoms with Crippen LogP contribution >= 0.6 is 27.3 Å². The smallest absolute Gasteiger partial charge is 0.0701 e. The summed E-state index contributed by atoms with van der Waals surface area (Å²) < 4.78 is 7.02. The van der Waals surface area contributed by atoms with E-state index >= 15 is 0 Å². The number of fused-ring (bicyclic) bond motifs is 1. The minimum Gasteiger partial charge on any atom is -0.377 e. The van der Waals surface area contributed by atoms with Crippen LogP contribution in [0.3, 0.4) is 0 Å². The quantitative estimate of drug-likeness (QED) is 0.923. The number of rotatable bonds is 3. The van der Waals surface area contributed by atoms with E-state index in [4.69, 9.17) is 4.74 Å². The molecule has 1 saturated carbocycles. The van der Waals surface area contributed by atoms with Crippen LogP contribution in [0.25, 0.3) is 0 Å². The average molecular weight is 316 g/mol. The van der Waals surface area contributed by atoms with E-state index in [1.54, 1.807) is 0 Å². The van der Waals surface area contributed by atoms with Gasteiger partial charge in [0.25, 0.3) is 0 Å². The molecule has 0 aromatic carbocycles. The van der Waals surface area contributed by atoms with Crippen LogP contribution in [0, 0.1) is 11.3 Å². The van der Waals surface area contributed by atoms with Crippen molar-refractivity contribution in [1.82, 2.24) is 5.32 Å². The van der Waals surface area contributed by atoms with Crippen LogP contribution in [0.2, 0.25) is 0 Å². The second kappa shape index (κ2) is 4.34. The molecule has 3 atom stereocenters. The van der Waals surface area contributed by atoms with Crippen LogP contribution in [0.1, 0.15) is 25.1 Å². The fraction of sp³-hybridized carbons (Fsp3) is 0.692. The maximum Gasteiger partial charge on any atom is 0.0701 e. The average Bonchev–Trinajstić information content (AvgIpc) is 2.86. The summed E-state index contributed by atoms with van der Waals surface area (Å²) in [6.45, 7) is 6.57. The van der Waals surface area contributed by atoms with Gasteiger partial charge in [0.05, 0.1) is 9.89 Å². The highest BCUT2D eigenvalue weighted by Crippen LogP contribution is 2.52. The standard InChI is InChI=1S/C13H18BrNOS/c1-13(2)11(9-5-6-16-12(9)13)15-7-8-3-4-10(14)17-8/h3-4,9,11-12,15H,5-7H2,1-2H3. The number of halogens is 1. The van der Waals surface area contributed by atoms with Gasteiger partial charge >= 0.3 is 0 Å². The fourth-order valence-corrected chi connectivity index (χ4v) is 4.83. The van der Waals surface area contributed by atoms with E-state index in [0.717, 1.165) is 19.1 Å². The molecular weight excluding hydrogens is 298 g/mol. The minimum absolute atomic E-state index is 0.287. The molecule has 1 aromatic rings. The van der Waals surface area contributed by atoms with Gasteiger partial charge in [0, 0.05) is 35.4 Å². The first-order chi connectivity index (χ1) is 8.09. The van der Waals surface area contributed by atoms with E-state index in [1.165, 1.54) is 15.1 Å². The van der Waals surface area contributed by atoms with Crippen molar-refractivity contribution >= 4 is 27.3 Å². The molecular formula is C13H18BrNOS. The van der Waals surface area contributed by atoms with Gasteiger partial charge in [-0.3, -0.25) is 0 Å². The lowest BCUT2D eigenvalue weighted by atomic mass is 9.57. The van der Waals surface area contributed by atoms with E-state index in [2.05, 4.69) is 47.2 Å². The number of ether oxygens (including phenoxy) is 1. The highest BCUT2D eigenvalue weighted by atomic mass is 79.9. The van der Waals surface area contributed by atoms with Gasteiger partial charge in [-0.2, -0.15) is 0 Å². The maximum absolute atomic E-state index is 5.81. The van der Waals surface area contributed by atoms with E-state index in [9.17, 15) is 0 Å². The fourth-order valence-electron chi connectivity index (χ4n) is 3.40. The first kappa shape index (κ1) is 12.2. The van der Waals surface area contributed by atoms with Crippen molar-refractivity contribution < 1.29 is 4.74 Å². The van der Waals surface area contributed by atoms with Gasteiger partial charge < -0.3 is 10.1 Å². The van der Waals surface area contributed by atoms with Crippen LogP contribution < -0.4 is 5.32 Å². The minimum atomic E-state index is 0.287. The van der Waals surface area contributed by atoms with Crippen molar-refractivity contribution in [2.45, 2.75) is 39.0 Å². The SMILES string of the molecule is CC1(C)C(NCc2ccc(Br)s2)C2CCOC21. The lowest BCUT2D eigenvalue weighted by Gasteiger charge is -2.55. The normalized spacial score (nSPS) is 34.4. The molecule has 0 spiro atoms. The largest absolute Gasteiger partial charge is 0.377 e. The molecule has 0 amide bonds. The van der Waals surface area contributed by atoms with Crippen LogP contribution in [0.4, 0.5) is 0 Å². The zero-order chi connectivity index (χ0) is 12.0. The van der Waals surface area contributed by atoms with Crippen molar-refractivity contribution in [1.29, 1.82) is 0 Å². The number of thiophene rings is 1. The zero-order valence-electron chi connectivity index (χ0n) is 10.2. The molecule has 2 fully saturated rings. The van der Waals surface area contributed by atoms with Gasteiger partial charge in [-0.1, -0.05) is 13.8 Å². The van der Waals surface area contributed by atoms with Crippen molar-refractivity contribution in [2.75, 3.05) is 6.61 Å². The molecule has 3 unspecified atom stereocenters. The molecule has 94 valence electrons. The molecule has 2 nitrogen and oxygen atoms in total. The molecule has 1 N–H and O–H groups in total. The highest BCUT2D eigenvalue weighted by molar-refractivity contribution is 9.11. The third kappa shape index (κ3) is 1.99. The second-order valence-corrected chi connectivity index (χ2v) is 8.18. The van der Waals surface area contributed by atoms with Crippen LogP contribution in [0.15, 0.2) is 15.9 Å². The molecule has 1 aliphatic carbocycles. The van der Waals surface area contributed by atoms with Gasteiger partial charge in [-0.05, 0) is 34.5 Å². The monoisotopic (exact) mass is 315 g/mol. The van der Waals surface area contributed by atoms with Crippen LogP contribution in [0.5, 0.6) is 0 Å². The summed E-state index contributed by atoms with van der Waals surface area (Å²) in [6, 6.07) is 4.92. The summed E-state index contributed by atoms with van der Waals surface area (Å²) in [6.07, 6.45) is 1.70. The van der Waals surface area contributed by atoms with Gasteiger partial charge in [0.2, 0.25) is 0 Å². The predicted octanol–water partition coefficient (Wildman–Crippen LogP) is 3.41. The Balaban J connectivity index is 1.62. The zero-order valence-corrected chi connectivity index (χ0v) is 12.6. The number of nitrogens with one attached hydrogen (secondary N) is 1. The first-order valence-corrected chi connectivity index (χ1v) is 7.79. The lowest BCUT2D eigenvalue weighted by molar-refractivity contribution is -0.112. The molecule has 3 rings (SSSR count). The Kier molecular flexibility index (Phi) is 3.10. The molecule has 2 heterocycles. The highest BCUT2D eigenvalue weighted by Gasteiger charge is 2.58. The van der Waals surface area contributed by atoms with Gasteiger partial charge in [-0.15, -0.1) is 11.3 Å². The topological polar surface area (TPSA) is 21.3 Å². The number of hydrogen-bond acceptors (Lipinski definition) is 3. The lowest BCUT2D eigenvalue weighted by Crippen LogP contribution is -2.65. The maximum atomic E-state index is 5.81. The van der Waals surface area contributed by atoms with E-state index < -0.39 is 0 Å². The van der Waals surface area contributed by atoms with Crippen molar-refractivity contribution in [3.63, 3.8) is 0 Å². The molecule has 17 heavy (non-hydrogen) atoms. The Bertz CT molecular complexity index is 417. The second-order valence-electron chi connectivity index (χ2n) is 5.63. The Morgan fingerprint density at radius 1 is 1.53 bits per heavy atom. The van der Waals surface area contributed by atoms with Crippen molar-refractivity contribution in [3.8, 4) is 0 Å². The Labute approximate surface area is 115 Å². The summed E-state index contributed by atoms with van der Waals surface area (Å²) in [4.78, 5) is 1.40. The predicted molar refractivity (Wildman–Crippen MR) is 74.3 cm³/mol. The molecule has 1 saturated heterocycles. The molecule has 1 aliphatic heterocycles. The Morgan fingerprint density at radius 2 is 2.35 bits per heavy atom. The number of hydrogen-bond donors (Lipinski definition) is 1. The van der Waals surface area contributed by atoms with Crippen molar-refractivity contribution in [3.05, 3.63) is 20.8 Å². The van der Waals surface area contributed by atoms with E-state index in [-0.39, 0.29) is 5.41 Å². The summed E-state index contributed by atoms with van der Waals surface area (Å²) >= 11 is 5.32. The summed E-state index contributed by atoms with van der Waals surface area (Å²) in [5.74, 6) is 0.730. The third-order valence-electron chi connectivity index (χ3n) is 4.23. The van der Waals surface area contributed by atoms with Gasteiger partial charge in [-0.25, -0.2) is 0 Å². The summed E-state index contributed by atoms with van der Waals surface area (Å²) in [5, 5.41) is 3.72. The van der Waals surface area contributed by atoms with E-state index in [0.29, 0.717) is 12.1 Å². The van der Waals surface area contributed by atoms with Crippen molar-refractivity contribution in [2.24, 2.45) is 11.3 Å². The molecule has 0 bridgehead atoms. The van der Waals surface area contributed by atoms with Crippen LogP contribution in [-0.4, -0.2) is 18.8 Å². The summed E-state index contributed by atoms with van der Waals surface area (Å²) in [5.41, 5.74) is 0.287. The molecule has 2 aliphatic rings. The molecule has 1 aromatic heterocycles. The van der Waals surface area contributed by atoms with Crippen LogP contribution in [-0.2, 0) is 11.3 Å². The third-order valence-corrected chi connectivity index (χ3v) is 5.85. The first-order valence-electron chi connectivity index (χ1n) is 6.18. The van der Waals surface area contributed by atoms with E-state index in [1.807, 2.05) is 11.3 Å². The molecule has 4 heteroatoms. The van der Waals surface area contributed by atoms with Gasteiger partial charge in [0.1, 0.15) is 0 Å².